The van der Waals surface area contributed by atoms with E-state index in [1.165, 1.54) is 24.2 Å². The van der Waals surface area contributed by atoms with E-state index in [2.05, 4.69) is 65.2 Å². The number of amidine groups is 1. The number of rotatable bonds is 5. The summed E-state index contributed by atoms with van der Waals surface area (Å²) in [5.74, 6) is 1.19. The van der Waals surface area contributed by atoms with Gasteiger partial charge in [-0.25, -0.2) is 4.48 Å². The molecule has 0 aromatic heterocycles. The first kappa shape index (κ1) is 13.5. The molecule has 0 radical (unpaired) electrons. The Bertz CT molecular complexity index is 454. The molecule has 0 unspecified atom stereocenters. The zero-order valence-corrected chi connectivity index (χ0v) is 12.7. The van der Waals surface area contributed by atoms with E-state index >= 15 is 0 Å². The van der Waals surface area contributed by atoms with Gasteiger partial charge in [0, 0.05) is 4.47 Å². The normalized spacial score (nSPS) is 16.9. The van der Waals surface area contributed by atoms with E-state index in [0.29, 0.717) is 0 Å². The zero-order chi connectivity index (χ0) is 13.0. The van der Waals surface area contributed by atoms with Gasteiger partial charge in [0.15, 0.2) is 0 Å². The van der Waals surface area contributed by atoms with Crippen LogP contribution in [0.5, 0.6) is 0 Å². The molecule has 0 bridgehead atoms. The number of aliphatic imine (C=N–C) groups is 1. The summed E-state index contributed by atoms with van der Waals surface area (Å²) in [5, 5.41) is 0. The minimum absolute atomic E-state index is 0.897. The molecular formula is C15H20BrN2+. The number of quaternary nitrogens is 1. The van der Waals surface area contributed by atoms with E-state index in [1.54, 1.807) is 0 Å². The van der Waals surface area contributed by atoms with E-state index in [1.807, 2.05) is 6.20 Å². The van der Waals surface area contributed by atoms with Crippen molar-refractivity contribution < 1.29 is 4.48 Å². The molecule has 1 aliphatic heterocycles. The third-order valence-corrected chi connectivity index (χ3v) is 3.85. The first-order valence-electron chi connectivity index (χ1n) is 6.60. The Hall–Kier alpha value is -0.930. The molecule has 1 aromatic rings. The molecule has 2 rings (SSSR count). The maximum atomic E-state index is 4.62. The maximum absolute atomic E-state index is 4.62. The molecule has 1 heterocycles. The predicted molar refractivity (Wildman–Crippen MR) is 80.4 cm³/mol. The molecule has 18 heavy (non-hydrogen) atoms. The zero-order valence-electron chi connectivity index (χ0n) is 11.1. The van der Waals surface area contributed by atoms with Gasteiger partial charge in [-0.2, -0.15) is 4.99 Å². The van der Waals surface area contributed by atoms with Crippen LogP contribution in [0.2, 0.25) is 0 Å². The standard InChI is InChI=1S/C15H20BrN2/c1-3-10-18(11-4-2)12-9-17-15(18)13-5-7-14(16)8-6-13/h5-9,12H,3-4,10-11H2,1-2H3/q+1. The average Bonchev–Trinajstić information content (AvgIpc) is 2.75. The van der Waals surface area contributed by atoms with Gasteiger partial charge in [-0.1, -0.05) is 29.8 Å². The summed E-state index contributed by atoms with van der Waals surface area (Å²) in [5.41, 5.74) is 1.23. The van der Waals surface area contributed by atoms with Crippen LogP contribution in [0.3, 0.4) is 0 Å². The fourth-order valence-corrected chi connectivity index (χ4v) is 2.88. The Labute approximate surface area is 118 Å². The second-order valence-electron chi connectivity index (χ2n) is 4.74. The first-order chi connectivity index (χ1) is 8.72. The van der Waals surface area contributed by atoms with Crippen LogP contribution in [-0.2, 0) is 0 Å². The summed E-state index contributed by atoms with van der Waals surface area (Å²) in [7, 11) is 0. The lowest BCUT2D eigenvalue weighted by atomic mass is 10.1. The predicted octanol–water partition coefficient (Wildman–Crippen LogP) is 4.32. The highest BCUT2D eigenvalue weighted by molar-refractivity contribution is 9.10. The molecule has 0 saturated carbocycles. The van der Waals surface area contributed by atoms with Crippen molar-refractivity contribution in [1.82, 2.24) is 0 Å². The fourth-order valence-electron chi connectivity index (χ4n) is 2.62. The Morgan fingerprint density at radius 3 is 2.22 bits per heavy atom. The molecule has 96 valence electrons. The topological polar surface area (TPSA) is 12.4 Å². The summed E-state index contributed by atoms with van der Waals surface area (Å²) in [6.07, 6.45) is 6.53. The summed E-state index contributed by atoms with van der Waals surface area (Å²) < 4.78 is 2.01. The molecule has 0 N–H and O–H groups in total. The molecule has 3 heteroatoms. The van der Waals surface area contributed by atoms with Crippen LogP contribution < -0.4 is 0 Å². The van der Waals surface area contributed by atoms with Crippen molar-refractivity contribution in [3.05, 3.63) is 46.7 Å². The second-order valence-corrected chi connectivity index (χ2v) is 5.65. The van der Waals surface area contributed by atoms with Crippen LogP contribution in [0, 0.1) is 0 Å². The summed E-state index contributed by atoms with van der Waals surface area (Å²) >= 11 is 3.48. The average molecular weight is 308 g/mol. The lowest BCUT2D eigenvalue weighted by Gasteiger charge is -2.31. The van der Waals surface area contributed by atoms with Gasteiger partial charge < -0.3 is 0 Å². The van der Waals surface area contributed by atoms with Crippen molar-refractivity contribution in [2.45, 2.75) is 26.7 Å². The van der Waals surface area contributed by atoms with Gasteiger partial charge in [0.25, 0.3) is 0 Å². The monoisotopic (exact) mass is 307 g/mol. The van der Waals surface area contributed by atoms with E-state index in [0.717, 1.165) is 22.0 Å². The van der Waals surface area contributed by atoms with Crippen molar-refractivity contribution in [3.8, 4) is 0 Å². The molecule has 0 spiro atoms. The molecule has 1 aromatic carbocycles. The van der Waals surface area contributed by atoms with Crippen molar-refractivity contribution >= 4 is 21.8 Å². The van der Waals surface area contributed by atoms with Crippen LogP contribution in [0.25, 0.3) is 0 Å². The second kappa shape index (κ2) is 5.81. The number of hydrogen-bond donors (Lipinski definition) is 0. The van der Waals surface area contributed by atoms with Crippen LogP contribution in [0.1, 0.15) is 32.3 Å². The number of halogens is 1. The van der Waals surface area contributed by atoms with Gasteiger partial charge in [-0.3, -0.25) is 0 Å². The molecule has 1 aliphatic rings. The third kappa shape index (κ3) is 2.57. The van der Waals surface area contributed by atoms with Gasteiger partial charge in [-0.05, 0) is 37.1 Å². The minimum atomic E-state index is 0.897. The van der Waals surface area contributed by atoms with E-state index < -0.39 is 0 Å². The van der Waals surface area contributed by atoms with Gasteiger partial charge in [0.1, 0.15) is 6.20 Å². The van der Waals surface area contributed by atoms with Gasteiger partial charge in [0.2, 0.25) is 5.84 Å². The van der Waals surface area contributed by atoms with Crippen molar-refractivity contribution in [1.29, 1.82) is 0 Å². The molecule has 0 aliphatic carbocycles. The largest absolute Gasteiger partial charge is 0.247 e. The van der Waals surface area contributed by atoms with Gasteiger partial charge in [0.05, 0.1) is 24.9 Å². The van der Waals surface area contributed by atoms with Crippen LogP contribution >= 0.6 is 15.9 Å². The Morgan fingerprint density at radius 1 is 1.06 bits per heavy atom. The van der Waals surface area contributed by atoms with E-state index in [4.69, 9.17) is 0 Å². The molecule has 0 atom stereocenters. The highest BCUT2D eigenvalue weighted by atomic mass is 79.9. The number of benzene rings is 1. The van der Waals surface area contributed by atoms with Crippen LogP contribution in [-0.4, -0.2) is 23.4 Å². The quantitative estimate of drug-likeness (QED) is 0.719. The molecular weight excluding hydrogens is 288 g/mol. The summed E-state index contributed by atoms with van der Waals surface area (Å²) in [6, 6.07) is 8.47. The SMILES string of the molecule is CCC[N+]1(CCC)C=CN=C1c1ccc(Br)cc1. The minimum Gasteiger partial charge on any atom is -0.247 e. The number of nitrogens with zero attached hydrogens (tertiary/aromatic N) is 2. The summed E-state index contributed by atoms with van der Waals surface area (Å²) in [4.78, 5) is 4.62. The Morgan fingerprint density at radius 2 is 1.67 bits per heavy atom. The molecule has 0 amide bonds. The van der Waals surface area contributed by atoms with E-state index in [-0.39, 0.29) is 0 Å². The smallest absolute Gasteiger partial charge is 0.239 e. The molecule has 2 nitrogen and oxygen atoms in total. The third-order valence-electron chi connectivity index (χ3n) is 3.32. The van der Waals surface area contributed by atoms with Crippen molar-refractivity contribution in [2.24, 2.45) is 4.99 Å². The fraction of sp³-hybridized carbons (Fsp3) is 0.400. The van der Waals surface area contributed by atoms with E-state index in [9.17, 15) is 0 Å². The Kier molecular flexibility index (Phi) is 4.36. The van der Waals surface area contributed by atoms with Crippen molar-refractivity contribution in [2.75, 3.05) is 13.1 Å². The lowest BCUT2D eigenvalue weighted by Crippen LogP contribution is -2.48. The first-order valence-corrected chi connectivity index (χ1v) is 7.40. The highest BCUT2D eigenvalue weighted by Gasteiger charge is 2.34. The molecule has 0 fully saturated rings. The maximum Gasteiger partial charge on any atom is 0.239 e. The molecule has 0 saturated heterocycles. The van der Waals surface area contributed by atoms with Crippen molar-refractivity contribution in [3.63, 3.8) is 0 Å². The Balaban J connectivity index is 2.34. The van der Waals surface area contributed by atoms with Gasteiger partial charge >= 0.3 is 0 Å². The number of hydrogen-bond acceptors (Lipinski definition) is 1. The van der Waals surface area contributed by atoms with Crippen LogP contribution in [0.15, 0.2) is 46.1 Å². The lowest BCUT2D eigenvalue weighted by molar-refractivity contribution is -0.785. The van der Waals surface area contributed by atoms with Gasteiger partial charge in [-0.15, -0.1) is 0 Å². The highest BCUT2D eigenvalue weighted by Crippen LogP contribution is 2.24. The van der Waals surface area contributed by atoms with Crippen LogP contribution in [0.4, 0.5) is 0 Å². The summed E-state index contributed by atoms with van der Waals surface area (Å²) in [6.45, 7) is 6.72.